The van der Waals surface area contributed by atoms with Crippen molar-refractivity contribution >= 4 is 37.8 Å². The highest BCUT2D eigenvalue weighted by molar-refractivity contribution is 9.10. The molecule has 1 saturated heterocycles. The molecular weight excluding hydrogens is 422 g/mol. The number of carbonyl (C=O) groups excluding carboxylic acids is 2. The first-order valence-electron chi connectivity index (χ1n) is 8.67. The number of hydrogen-bond acceptors (Lipinski definition) is 4. The van der Waals surface area contributed by atoms with Crippen LogP contribution in [-0.4, -0.2) is 62.2 Å². The van der Waals surface area contributed by atoms with Crippen molar-refractivity contribution in [3.05, 3.63) is 28.2 Å². The molecule has 0 atom stereocenters. The summed E-state index contributed by atoms with van der Waals surface area (Å²) in [6, 6.07) is 4.38. The molecule has 0 saturated carbocycles. The average Bonchev–Trinajstić information content (AvgIpc) is 3.16. The van der Waals surface area contributed by atoms with E-state index in [2.05, 4.69) is 21.2 Å². The lowest BCUT2D eigenvalue weighted by Crippen LogP contribution is -2.40. The average molecular weight is 446 g/mol. The van der Waals surface area contributed by atoms with Gasteiger partial charge < -0.3 is 10.2 Å². The Hall–Kier alpha value is -1.45. The lowest BCUT2D eigenvalue weighted by molar-refractivity contribution is -0.129. The number of nitrogens with zero attached hydrogens (tertiary/aromatic N) is 2. The van der Waals surface area contributed by atoms with E-state index in [4.69, 9.17) is 0 Å². The Balaban J connectivity index is 2.16. The number of amides is 2. The van der Waals surface area contributed by atoms with E-state index in [0.29, 0.717) is 30.7 Å². The molecule has 144 valence electrons. The largest absolute Gasteiger partial charge is 0.343 e. The maximum absolute atomic E-state index is 12.7. The van der Waals surface area contributed by atoms with Crippen LogP contribution in [0, 0.1) is 0 Å². The Bertz CT molecular complexity index is 772. The van der Waals surface area contributed by atoms with Gasteiger partial charge in [-0.15, -0.1) is 0 Å². The van der Waals surface area contributed by atoms with Gasteiger partial charge in [0, 0.05) is 30.7 Å². The number of nitrogens with one attached hydrogen (secondary N) is 1. The molecule has 1 N–H and O–H groups in total. The second kappa shape index (κ2) is 8.96. The molecule has 1 aromatic rings. The molecule has 7 nitrogen and oxygen atoms in total. The number of benzene rings is 1. The van der Waals surface area contributed by atoms with Gasteiger partial charge in [0.05, 0.1) is 17.0 Å². The van der Waals surface area contributed by atoms with Gasteiger partial charge in [-0.1, -0.05) is 0 Å². The number of rotatable bonds is 7. The zero-order chi connectivity index (χ0) is 19.3. The molecule has 1 aromatic carbocycles. The van der Waals surface area contributed by atoms with Crippen LogP contribution in [0.5, 0.6) is 0 Å². The van der Waals surface area contributed by atoms with Gasteiger partial charge in [-0.2, -0.15) is 4.31 Å². The SMILES string of the molecule is CCN(CC)C(=O)CNC(=O)c1cc(S(=O)(=O)N2CCCC2)ccc1Br. The minimum atomic E-state index is -3.61. The van der Waals surface area contributed by atoms with E-state index < -0.39 is 15.9 Å². The van der Waals surface area contributed by atoms with Crippen molar-refractivity contribution in [2.75, 3.05) is 32.7 Å². The molecule has 1 fully saturated rings. The van der Waals surface area contributed by atoms with Crippen LogP contribution < -0.4 is 5.32 Å². The maximum atomic E-state index is 12.7. The number of hydrogen-bond donors (Lipinski definition) is 1. The molecular formula is C17H24BrN3O4S. The molecule has 0 bridgehead atoms. The first-order chi connectivity index (χ1) is 12.3. The van der Waals surface area contributed by atoms with Crippen LogP contribution in [-0.2, 0) is 14.8 Å². The van der Waals surface area contributed by atoms with Crippen molar-refractivity contribution in [3.63, 3.8) is 0 Å². The van der Waals surface area contributed by atoms with Crippen LogP contribution in [0.25, 0.3) is 0 Å². The molecule has 1 aliphatic rings. The second-order valence-electron chi connectivity index (χ2n) is 6.00. The van der Waals surface area contributed by atoms with Crippen molar-refractivity contribution in [1.29, 1.82) is 0 Å². The van der Waals surface area contributed by atoms with Crippen LogP contribution in [0.15, 0.2) is 27.6 Å². The van der Waals surface area contributed by atoms with Crippen molar-refractivity contribution in [3.8, 4) is 0 Å². The van der Waals surface area contributed by atoms with Crippen molar-refractivity contribution in [2.45, 2.75) is 31.6 Å². The predicted octanol–water partition coefficient (Wildman–Crippen LogP) is 1.83. The first kappa shape index (κ1) is 20.9. The summed E-state index contributed by atoms with van der Waals surface area (Å²) in [5, 5.41) is 2.57. The van der Waals surface area contributed by atoms with E-state index in [-0.39, 0.29) is 22.9 Å². The van der Waals surface area contributed by atoms with Crippen molar-refractivity contribution in [2.24, 2.45) is 0 Å². The Kier molecular flexibility index (Phi) is 7.19. The van der Waals surface area contributed by atoms with Crippen LogP contribution in [0.4, 0.5) is 0 Å². The monoisotopic (exact) mass is 445 g/mol. The van der Waals surface area contributed by atoms with E-state index in [9.17, 15) is 18.0 Å². The van der Waals surface area contributed by atoms with E-state index >= 15 is 0 Å². The molecule has 0 unspecified atom stereocenters. The predicted molar refractivity (Wildman–Crippen MR) is 102 cm³/mol. The lowest BCUT2D eigenvalue weighted by atomic mass is 10.2. The highest BCUT2D eigenvalue weighted by Gasteiger charge is 2.28. The molecule has 0 spiro atoms. The normalized spacial score (nSPS) is 15.0. The van der Waals surface area contributed by atoms with Crippen LogP contribution >= 0.6 is 15.9 Å². The topological polar surface area (TPSA) is 86.8 Å². The second-order valence-corrected chi connectivity index (χ2v) is 8.79. The number of carbonyl (C=O) groups is 2. The van der Waals surface area contributed by atoms with Crippen LogP contribution in [0.2, 0.25) is 0 Å². The zero-order valence-electron chi connectivity index (χ0n) is 15.0. The summed E-state index contributed by atoms with van der Waals surface area (Å²) < 4.78 is 27.3. The molecule has 9 heteroatoms. The minimum Gasteiger partial charge on any atom is -0.343 e. The fourth-order valence-electron chi connectivity index (χ4n) is 2.86. The van der Waals surface area contributed by atoms with E-state index in [1.807, 2.05) is 13.8 Å². The molecule has 0 radical (unpaired) electrons. The minimum absolute atomic E-state index is 0.0859. The third-order valence-corrected chi connectivity index (χ3v) is 6.99. The molecule has 0 aromatic heterocycles. The third-order valence-electron chi connectivity index (χ3n) is 4.40. The summed E-state index contributed by atoms with van der Waals surface area (Å²) in [6.45, 7) is 5.74. The molecule has 26 heavy (non-hydrogen) atoms. The van der Waals surface area contributed by atoms with Gasteiger partial charge in [-0.3, -0.25) is 9.59 Å². The van der Waals surface area contributed by atoms with E-state index in [1.54, 1.807) is 11.0 Å². The van der Waals surface area contributed by atoms with E-state index in [1.165, 1.54) is 16.4 Å². The lowest BCUT2D eigenvalue weighted by Gasteiger charge is -2.19. The number of likely N-dealkylation sites (N-methyl/N-ethyl adjacent to an activating group) is 1. The van der Waals surface area contributed by atoms with Crippen LogP contribution in [0.3, 0.4) is 0 Å². The van der Waals surface area contributed by atoms with Crippen molar-refractivity contribution < 1.29 is 18.0 Å². The Labute approximate surface area is 162 Å². The molecule has 1 aliphatic heterocycles. The molecule has 1 heterocycles. The number of halogens is 1. The highest BCUT2D eigenvalue weighted by atomic mass is 79.9. The van der Waals surface area contributed by atoms with Gasteiger partial charge in [-0.25, -0.2) is 8.42 Å². The smallest absolute Gasteiger partial charge is 0.252 e. The zero-order valence-corrected chi connectivity index (χ0v) is 17.4. The molecule has 2 rings (SSSR count). The molecule has 0 aliphatic carbocycles. The summed E-state index contributed by atoms with van der Waals surface area (Å²) in [7, 11) is -3.61. The summed E-state index contributed by atoms with van der Waals surface area (Å²) >= 11 is 3.28. The van der Waals surface area contributed by atoms with Gasteiger partial charge in [0.25, 0.3) is 5.91 Å². The van der Waals surface area contributed by atoms with Crippen LogP contribution in [0.1, 0.15) is 37.0 Å². The summed E-state index contributed by atoms with van der Waals surface area (Å²) in [6.07, 6.45) is 1.69. The van der Waals surface area contributed by atoms with Crippen molar-refractivity contribution in [1.82, 2.24) is 14.5 Å². The van der Waals surface area contributed by atoms with Gasteiger partial charge in [0.15, 0.2) is 0 Å². The number of sulfonamides is 1. The standard InChI is InChI=1S/C17H24BrN3O4S/c1-3-20(4-2)16(22)12-19-17(23)14-11-13(7-8-15(14)18)26(24,25)21-9-5-6-10-21/h7-8,11H,3-6,9-10,12H2,1-2H3,(H,19,23). The van der Waals surface area contributed by atoms with Gasteiger partial charge in [-0.05, 0) is 60.8 Å². The fraction of sp³-hybridized carbons (Fsp3) is 0.529. The quantitative estimate of drug-likeness (QED) is 0.693. The van der Waals surface area contributed by atoms with Gasteiger partial charge >= 0.3 is 0 Å². The third kappa shape index (κ3) is 4.63. The first-order valence-corrected chi connectivity index (χ1v) is 10.9. The highest BCUT2D eigenvalue weighted by Crippen LogP contribution is 2.25. The Morgan fingerprint density at radius 2 is 1.81 bits per heavy atom. The maximum Gasteiger partial charge on any atom is 0.252 e. The fourth-order valence-corrected chi connectivity index (χ4v) is 4.83. The Morgan fingerprint density at radius 1 is 1.19 bits per heavy atom. The molecule has 2 amide bonds. The summed E-state index contributed by atoms with van der Waals surface area (Å²) in [5.74, 6) is -0.670. The van der Waals surface area contributed by atoms with Gasteiger partial charge in [0.1, 0.15) is 0 Å². The van der Waals surface area contributed by atoms with E-state index in [0.717, 1.165) is 12.8 Å². The summed E-state index contributed by atoms with van der Waals surface area (Å²) in [5.41, 5.74) is 0.192. The van der Waals surface area contributed by atoms with Gasteiger partial charge in [0.2, 0.25) is 15.9 Å². The Morgan fingerprint density at radius 3 is 2.38 bits per heavy atom. The summed E-state index contributed by atoms with van der Waals surface area (Å²) in [4.78, 5) is 26.2.